The van der Waals surface area contributed by atoms with Crippen molar-refractivity contribution in [2.24, 2.45) is 0 Å². The summed E-state index contributed by atoms with van der Waals surface area (Å²) in [4.78, 5) is 11.6. The molecule has 0 atom stereocenters. The number of rotatable bonds is 4. The molecule has 0 radical (unpaired) electrons. The molecule has 3 aromatic carbocycles. The summed E-state index contributed by atoms with van der Waals surface area (Å²) < 4.78 is 15.4. The molecule has 24 heavy (non-hydrogen) atoms. The second-order valence-corrected chi connectivity index (χ2v) is 5.34. The molecule has 0 aliphatic rings. The average Bonchev–Trinajstić information content (AvgIpc) is 2.65. The molecule has 3 rings (SSSR count). The van der Waals surface area contributed by atoms with Gasteiger partial charge in [0.25, 0.3) is 0 Å². The number of esters is 1. The Morgan fingerprint density at radius 1 is 0.708 bits per heavy atom. The summed E-state index contributed by atoms with van der Waals surface area (Å²) in [6.45, 7) is 0. The maximum Gasteiger partial charge on any atom is 0.337 e. The minimum Gasteiger partial charge on any atom is -0.493 e. The third kappa shape index (κ3) is 2.91. The molecule has 0 aliphatic heterocycles. The zero-order valence-corrected chi connectivity index (χ0v) is 13.8. The van der Waals surface area contributed by atoms with Crippen molar-refractivity contribution in [3.63, 3.8) is 0 Å². The Morgan fingerprint density at radius 2 is 1.33 bits per heavy atom. The van der Waals surface area contributed by atoms with E-state index < -0.39 is 0 Å². The molecule has 3 aromatic rings. The predicted molar refractivity (Wildman–Crippen MR) is 93.8 cm³/mol. The van der Waals surface area contributed by atoms with Crippen LogP contribution >= 0.6 is 0 Å². The van der Waals surface area contributed by atoms with E-state index in [2.05, 4.69) is 6.07 Å². The fraction of sp³-hybridized carbons (Fsp3) is 0.150. The Kier molecular flexibility index (Phi) is 4.38. The van der Waals surface area contributed by atoms with Gasteiger partial charge in [0.05, 0.1) is 26.9 Å². The quantitative estimate of drug-likeness (QED) is 0.671. The number of hydrogen-bond donors (Lipinski definition) is 0. The van der Waals surface area contributed by atoms with E-state index in [0.29, 0.717) is 17.1 Å². The predicted octanol–water partition coefficient (Wildman–Crippen LogP) is 4.31. The number of hydrogen-bond acceptors (Lipinski definition) is 4. The molecule has 0 aromatic heterocycles. The van der Waals surface area contributed by atoms with Gasteiger partial charge in [0.1, 0.15) is 0 Å². The van der Waals surface area contributed by atoms with Crippen LogP contribution in [0.5, 0.6) is 11.5 Å². The van der Waals surface area contributed by atoms with E-state index in [9.17, 15) is 4.79 Å². The van der Waals surface area contributed by atoms with E-state index >= 15 is 0 Å². The molecule has 0 unspecified atom stereocenters. The number of carbonyl (C=O) groups is 1. The number of fused-ring (bicyclic) bond motifs is 1. The molecular formula is C20H18O4. The zero-order valence-electron chi connectivity index (χ0n) is 13.8. The SMILES string of the molecule is COC(=O)c1ccc2cc(-c3ccc(OC)c(OC)c3)ccc2c1. The van der Waals surface area contributed by atoms with Crippen LogP contribution in [0.15, 0.2) is 54.6 Å². The molecule has 0 saturated carbocycles. The minimum absolute atomic E-state index is 0.333. The maximum absolute atomic E-state index is 11.6. The first-order valence-electron chi connectivity index (χ1n) is 7.51. The lowest BCUT2D eigenvalue weighted by Crippen LogP contribution is -2.00. The average molecular weight is 322 g/mol. The van der Waals surface area contributed by atoms with Crippen LogP contribution in [0.4, 0.5) is 0 Å². The van der Waals surface area contributed by atoms with Gasteiger partial charge < -0.3 is 14.2 Å². The van der Waals surface area contributed by atoms with Crippen LogP contribution in [0.3, 0.4) is 0 Å². The molecule has 0 N–H and O–H groups in total. The van der Waals surface area contributed by atoms with Crippen LogP contribution in [0.1, 0.15) is 10.4 Å². The van der Waals surface area contributed by atoms with E-state index in [1.54, 1.807) is 20.3 Å². The normalized spacial score (nSPS) is 10.5. The van der Waals surface area contributed by atoms with Gasteiger partial charge in [-0.25, -0.2) is 4.79 Å². The Labute approximate surface area is 140 Å². The molecule has 0 amide bonds. The molecule has 0 bridgehead atoms. The van der Waals surface area contributed by atoms with E-state index in [4.69, 9.17) is 14.2 Å². The van der Waals surface area contributed by atoms with Crippen LogP contribution in [-0.4, -0.2) is 27.3 Å². The number of ether oxygens (including phenoxy) is 3. The van der Waals surface area contributed by atoms with Crippen molar-refractivity contribution in [3.8, 4) is 22.6 Å². The van der Waals surface area contributed by atoms with Gasteiger partial charge in [-0.05, 0) is 52.2 Å². The summed E-state index contributed by atoms with van der Waals surface area (Å²) in [5.41, 5.74) is 2.64. The summed E-state index contributed by atoms with van der Waals surface area (Å²) in [5.74, 6) is 1.06. The Hall–Kier alpha value is -3.01. The van der Waals surface area contributed by atoms with E-state index in [0.717, 1.165) is 21.9 Å². The van der Waals surface area contributed by atoms with Crippen molar-refractivity contribution in [2.75, 3.05) is 21.3 Å². The van der Waals surface area contributed by atoms with Crippen molar-refractivity contribution in [1.82, 2.24) is 0 Å². The summed E-state index contributed by atoms with van der Waals surface area (Å²) in [6, 6.07) is 17.4. The topological polar surface area (TPSA) is 44.8 Å². The van der Waals surface area contributed by atoms with Gasteiger partial charge in [-0.2, -0.15) is 0 Å². The lowest BCUT2D eigenvalue weighted by Gasteiger charge is -2.10. The van der Waals surface area contributed by atoms with Crippen LogP contribution < -0.4 is 9.47 Å². The molecule has 4 heteroatoms. The lowest BCUT2D eigenvalue weighted by atomic mass is 9.99. The summed E-state index contributed by atoms with van der Waals surface area (Å²) in [6.07, 6.45) is 0. The van der Waals surface area contributed by atoms with Gasteiger partial charge in [-0.1, -0.05) is 24.3 Å². The highest BCUT2D eigenvalue weighted by Gasteiger charge is 2.09. The van der Waals surface area contributed by atoms with Crippen LogP contribution in [0, 0.1) is 0 Å². The van der Waals surface area contributed by atoms with Crippen molar-refractivity contribution < 1.29 is 19.0 Å². The van der Waals surface area contributed by atoms with Crippen molar-refractivity contribution in [3.05, 3.63) is 60.2 Å². The first-order valence-corrected chi connectivity index (χ1v) is 7.51. The van der Waals surface area contributed by atoms with Gasteiger partial charge in [-0.3, -0.25) is 0 Å². The van der Waals surface area contributed by atoms with Crippen molar-refractivity contribution >= 4 is 16.7 Å². The molecule has 0 saturated heterocycles. The molecule has 0 heterocycles. The largest absolute Gasteiger partial charge is 0.493 e. The maximum atomic E-state index is 11.6. The molecule has 4 nitrogen and oxygen atoms in total. The van der Waals surface area contributed by atoms with Crippen LogP contribution in [0.25, 0.3) is 21.9 Å². The first kappa shape index (κ1) is 15.9. The smallest absolute Gasteiger partial charge is 0.337 e. The zero-order chi connectivity index (χ0) is 17.1. The fourth-order valence-electron chi connectivity index (χ4n) is 2.69. The first-order chi connectivity index (χ1) is 11.7. The highest BCUT2D eigenvalue weighted by atomic mass is 16.5. The van der Waals surface area contributed by atoms with Gasteiger partial charge in [0.15, 0.2) is 11.5 Å². The number of benzene rings is 3. The second kappa shape index (κ2) is 6.62. The standard InChI is InChI=1S/C20H18O4/c1-22-18-9-8-16(12-19(18)23-2)14-4-5-15-11-17(20(21)24-3)7-6-13(15)10-14/h4-12H,1-3H3. The monoisotopic (exact) mass is 322 g/mol. The van der Waals surface area contributed by atoms with Gasteiger partial charge in [-0.15, -0.1) is 0 Å². The third-order valence-corrected chi connectivity index (χ3v) is 3.98. The van der Waals surface area contributed by atoms with Crippen LogP contribution in [-0.2, 0) is 4.74 Å². The Morgan fingerprint density at radius 3 is 2.04 bits per heavy atom. The van der Waals surface area contributed by atoms with E-state index in [1.807, 2.05) is 42.5 Å². The number of carbonyl (C=O) groups excluding carboxylic acids is 1. The highest BCUT2D eigenvalue weighted by Crippen LogP contribution is 2.33. The van der Waals surface area contributed by atoms with Gasteiger partial charge in [0, 0.05) is 0 Å². The van der Waals surface area contributed by atoms with Crippen LogP contribution in [0.2, 0.25) is 0 Å². The Balaban J connectivity index is 2.03. The minimum atomic E-state index is -0.333. The molecule has 122 valence electrons. The molecule has 0 spiro atoms. The number of methoxy groups -OCH3 is 3. The molecular weight excluding hydrogens is 304 g/mol. The summed E-state index contributed by atoms with van der Waals surface area (Å²) >= 11 is 0. The fourth-order valence-corrected chi connectivity index (χ4v) is 2.69. The lowest BCUT2D eigenvalue weighted by molar-refractivity contribution is 0.0601. The summed E-state index contributed by atoms with van der Waals surface area (Å²) in [7, 11) is 4.62. The van der Waals surface area contributed by atoms with Crippen molar-refractivity contribution in [2.45, 2.75) is 0 Å². The van der Waals surface area contributed by atoms with E-state index in [1.165, 1.54) is 7.11 Å². The molecule has 0 fully saturated rings. The van der Waals surface area contributed by atoms with Crippen molar-refractivity contribution in [1.29, 1.82) is 0 Å². The highest BCUT2D eigenvalue weighted by molar-refractivity contribution is 5.96. The second-order valence-electron chi connectivity index (χ2n) is 5.34. The molecule has 0 aliphatic carbocycles. The Bertz CT molecular complexity index is 899. The third-order valence-electron chi connectivity index (χ3n) is 3.98. The van der Waals surface area contributed by atoms with Gasteiger partial charge >= 0.3 is 5.97 Å². The summed E-state index contributed by atoms with van der Waals surface area (Å²) in [5, 5.41) is 2.04. The van der Waals surface area contributed by atoms with Gasteiger partial charge in [0.2, 0.25) is 0 Å². The van der Waals surface area contributed by atoms with E-state index in [-0.39, 0.29) is 5.97 Å².